The number of benzene rings is 1. The first-order valence-electron chi connectivity index (χ1n) is 7.76. The van der Waals surface area contributed by atoms with Gasteiger partial charge < -0.3 is 4.42 Å². The predicted octanol–water partition coefficient (Wildman–Crippen LogP) is 4.31. The highest BCUT2D eigenvalue weighted by molar-refractivity contribution is 7.84. The highest BCUT2D eigenvalue weighted by Crippen LogP contribution is 2.25. The van der Waals surface area contributed by atoms with Crippen LogP contribution in [0.4, 0.5) is 4.39 Å². The van der Waals surface area contributed by atoms with E-state index in [2.05, 4.69) is 4.98 Å². The highest BCUT2D eigenvalue weighted by Gasteiger charge is 2.17. The molecule has 0 spiro atoms. The van der Waals surface area contributed by atoms with E-state index in [4.69, 9.17) is 4.42 Å². The smallest absolute Gasteiger partial charge is 0.226 e. The normalized spacial score (nSPS) is 17.5. The summed E-state index contributed by atoms with van der Waals surface area (Å²) in [6, 6.07) is 6.01. The molecule has 2 aromatic rings. The molecule has 0 unspecified atom stereocenters. The summed E-state index contributed by atoms with van der Waals surface area (Å²) in [5, 5.41) is 0. The fourth-order valence-corrected chi connectivity index (χ4v) is 4.38. The molecule has 1 saturated carbocycles. The monoisotopic (exact) mass is 321 g/mol. The highest BCUT2D eigenvalue weighted by atomic mass is 32.2. The molecule has 22 heavy (non-hydrogen) atoms. The second kappa shape index (κ2) is 7.18. The average Bonchev–Trinajstić information content (AvgIpc) is 2.97. The van der Waals surface area contributed by atoms with Gasteiger partial charge in [0.2, 0.25) is 5.89 Å². The van der Waals surface area contributed by atoms with Gasteiger partial charge in [-0.25, -0.2) is 9.37 Å². The fourth-order valence-electron chi connectivity index (χ4n) is 2.94. The van der Waals surface area contributed by atoms with Crippen LogP contribution in [-0.2, 0) is 16.6 Å². The predicted molar refractivity (Wildman–Crippen MR) is 85.2 cm³/mol. The molecule has 3 nitrogen and oxygen atoms in total. The largest absolute Gasteiger partial charge is 0.444 e. The van der Waals surface area contributed by atoms with E-state index in [-0.39, 0.29) is 5.82 Å². The third-order valence-corrected chi connectivity index (χ3v) is 5.56. The number of nitrogens with zero attached hydrogens (tertiary/aromatic N) is 1. The molecule has 1 fully saturated rings. The lowest BCUT2D eigenvalue weighted by atomic mass is 9.91. The van der Waals surface area contributed by atoms with Crippen molar-refractivity contribution in [2.24, 2.45) is 5.92 Å². The third-order valence-electron chi connectivity index (χ3n) is 4.10. The van der Waals surface area contributed by atoms with Crippen molar-refractivity contribution in [2.45, 2.75) is 37.9 Å². The van der Waals surface area contributed by atoms with Crippen LogP contribution in [0.2, 0.25) is 0 Å². The summed E-state index contributed by atoms with van der Waals surface area (Å²) in [6.07, 6.45) is 7.79. The Morgan fingerprint density at radius 2 is 1.91 bits per heavy atom. The van der Waals surface area contributed by atoms with Crippen molar-refractivity contribution in [3.63, 3.8) is 0 Å². The van der Waals surface area contributed by atoms with Gasteiger partial charge in [-0.3, -0.25) is 4.21 Å². The Hall–Kier alpha value is -1.49. The van der Waals surface area contributed by atoms with E-state index in [0.29, 0.717) is 23.3 Å². The number of aromatic nitrogens is 1. The van der Waals surface area contributed by atoms with Crippen molar-refractivity contribution in [1.29, 1.82) is 0 Å². The first-order chi connectivity index (χ1) is 10.7. The molecule has 0 aliphatic heterocycles. The lowest BCUT2D eigenvalue weighted by molar-refractivity contribution is 0.388. The van der Waals surface area contributed by atoms with Gasteiger partial charge >= 0.3 is 0 Å². The first-order valence-corrected chi connectivity index (χ1v) is 9.25. The molecule has 0 radical (unpaired) electrons. The van der Waals surface area contributed by atoms with E-state index in [1.807, 2.05) is 0 Å². The van der Waals surface area contributed by atoms with Crippen LogP contribution < -0.4 is 0 Å². The second-order valence-corrected chi connectivity index (χ2v) is 7.41. The number of halogens is 1. The average molecular weight is 321 g/mol. The van der Waals surface area contributed by atoms with Crippen molar-refractivity contribution in [3.8, 4) is 11.5 Å². The van der Waals surface area contributed by atoms with Crippen LogP contribution >= 0.6 is 0 Å². The third kappa shape index (κ3) is 4.03. The lowest BCUT2D eigenvalue weighted by Crippen LogP contribution is -2.15. The number of rotatable bonds is 5. The molecule has 1 aromatic heterocycles. The van der Waals surface area contributed by atoms with Crippen LogP contribution in [0.5, 0.6) is 0 Å². The van der Waals surface area contributed by atoms with E-state index in [9.17, 15) is 8.60 Å². The van der Waals surface area contributed by atoms with E-state index in [1.165, 1.54) is 44.2 Å². The van der Waals surface area contributed by atoms with Crippen LogP contribution in [0.1, 0.15) is 37.8 Å². The molecule has 1 aliphatic rings. The molecule has 118 valence electrons. The van der Waals surface area contributed by atoms with Gasteiger partial charge in [0.25, 0.3) is 0 Å². The molecule has 5 heteroatoms. The Morgan fingerprint density at radius 3 is 2.64 bits per heavy atom. The summed E-state index contributed by atoms with van der Waals surface area (Å²) in [5.74, 6) is 1.95. The van der Waals surface area contributed by atoms with Crippen LogP contribution in [0, 0.1) is 11.7 Å². The zero-order valence-corrected chi connectivity index (χ0v) is 13.3. The zero-order chi connectivity index (χ0) is 15.4. The van der Waals surface area contributed by atoms with Crippen molar-refractivity contribution < 1.29 is 13.0 Å². The van der Waals surface area contributed by atoms with Gasteiger partial charge in [-0.15, -0.1) is 0 Å². The van der Waals surface area contributed by atoms with Crippen molar-refractivity contribution in [3.05, 3.63) is 42.0 Å². The standard InChI is InChI=1S/C17H20FNO2S/c18-15-8-6-14(7-9-15)17-19-16(10-21-17)12-22(20)11-13-4-2-1-3-5-13/h6-10,13H,1-5,11-12H2/t22-/m1/s1. The molecule has 3 rings (SSSR count). The minimum atomic E-state index is -0.898. The van der Waals surface area contributed by atoms with Gasteiger partial charge in [0.1, 0.15) is 12.1 Å². The minimum Gasteiger partial charge on any atom is -0.444 e. The Kier molecular flexibility index (Phi) is 5.03. The van der Waals surface area contributed by atoms with E-state index >= 15 is 0 Å². The van der Waals surface area contributed by atoms with Gasteiger partial charge in [-0.05, 0) is 43.0 Å². The van der Waals surface area contributed by atoms with Crippen molar-refractivity contribution in [2.75, 3.05) is 5.75 Å². The van der Waals surface area contributed by atoms with Gasteiger partial charge in [0, 0.05) is 22.1 Å². The second-order valence-electron chi connectivity index (χ2n) is 5.91. The molecular formula is C17H20FNO2S. The van der Waals surface area contributed by atoms with E-state index < -0.39 is 10.8 Å². The quantitative estimate of drug-likeness (QED) is 0.824. The molecular weight excluding hydrogens is 301 g/mol. The molecule has 0 bridgehead atoms. The van der Waals surface area contributed by atoms with Crippen LogP contribution in [0.15, 0.2) is 34.9 Å². The molecule has 1 aliphatic carbocycles. The number of oxazole rings is 1. The van der Waals surface area contributed by atoms with Gasteiger partial charge in [-0.2, -0.15) is 0 Å². The molecule has 0 amide bonds. The Bertz CT molecular complexity index is 632. The topological polar surface area (TPSA) is 43.1 Å². The van der Waals surface area contributed by atoms with Crippen molar-refractivity contribution in [1.82, 2.24) is 4.98 Å². The van der Waals surface area contributed by atoms with Gasteiger partial charge in [0.05, 0.1) is 11.4 Å². The van der Waals surface area contributed by atoms with Gasteiger partial charge in [0.15, 0.2) is 0 Å². The summed E-state index contributed by atoms with van der Waals surface area (Å²) in [5.41, 5.74) is 1.43. The summed E-state index contributed by atoms with van der Waals surface area (Å²) < 4.78 is 30.6. The zero-order valence-electron chi connectivity index (χ0n) is 12.5. The molecule has 1 heterocycles. The maximum atomic E-state index is 12.9. The summed E-state index contributed by atoms with van der Waals surface area (Å²) in [7, 11) is -0.898. The van der Waals surface area contributed by atoms with Gasteiger partial charge in [-0.1, -0.05) is 19.3 Å². The van der Waals surface area contributed by atoms with E-state index in [0.717, 1.165) is 11.3 Å². The Morgan fingerprint density at radius 1 is 1.18 bits per heavy atom. The SMILES string of the molecule is O=[S@@](Cc1coc(-c2ccc(F)cc2)n1)CC1CCCCC1. The summed E-state index contributed by atoms with van der Waals surface area (Å²) in [4.78, 5) is 4.36. The van der Waals surface area contributed by atoms with Crippen LogP contribution in [-0.4, -0.2) is 14.9 Å². The Labute approximate surface area is 132 Å². The summed E-state index contributed by atoms with van der Waals surface area (Å²) in [6.45, 7) is 0. The van der Waals surface area contributed by atoms with E-state index in [1.54, 1.807) is 18.4 Å². The Balaban J connectivity index is 1.59. The van der Waals surface area contributed by atoms with Crippen LogP contribution in [0.3, 0.4) is 0 Å². The lowest BCUT2D eigenvalue weighted by Gasteiger charge is -2.20. The molecule has 0 N–H and O–H groups in total. The fraction of sp³-hybridized carbons (Fsp3) is 0.471. The maximum Gasteiger partial charge on any atom is 0.226 e. The molecule has 1 aromatic carbocycles. The molecule has 0 saturated heterocycles. The first kappa shape index (κ1) is 15.4. The van der Waals surface area contributed by atoms with Crippen molar-refractivity contribution >= 4 is 10.8 Å². The van der Waals surface area contributed by atoms with Crippen LogP contribution in [0.25, 0.3) is 11.5 Å². The minimum absolute atomic E-state index is 0.288. The maximum absolute atomic E-state index is 12.9. The number of hydrogen-bond acceptors (Lipinski definition) is 3. The molecule has 1 atom stereocenters. The summed E-state index contributed by atoms with van der Waals surface area (Å²) >= 11 is 0. The number of hydrogen-bond donors (Lipinski definition) is 0.